The Bertz CT molecular complexity index is 669. The second kappa shape index (κ2) is 8.76. The van der Waals surface area contributed by atoms with Crippen LogP contribution >= 0.6 is 23.7 Å². The number of nitrogens with two attached hydrogens (primary N) is 1. The number of methoxy groups -OCH3 is 1. The van der Waals surface area contributed by atoms with Crippen molar-refractivity contribution in [2.24, 2.45) is 0 Å². The van der Waals surface area contributed by atoms with Crippen molar-refractivity contribution in [2.45, 2.75) is 13.1 Å². The number of rotatable bonds is 6. The highest BCUT2D eigenvalue weighted by molar-refractivity contribution is 7.15. The van der Waals surface area contributed by atoms with Gasteiger partial charge >= 0.3 is 5.97 Å². The number of hydrogen-bond acceptors (Lipinski definition) is 6. The van der Waals surface area contributed by atoms with E-state index in [1.54, 1.807) is 11.1 Å². The molecule has 2 rings (SSSR count). The lowest BCUT2D eigenvalue weighted by molar-refractivity contribution is -0.142. The van der Waals surface area contributed by atoms with Crippen LogP contribution in [0.4, 0.5) is 13.9 Å². The number of hydrogen-bond donors (Lipinski definition) is 1. The maximum Gasteiger partial charge on any atom is 0.319 e. The zero-order chi connectivity index (χ0) is 16.1. The van der Waals surface area contributed by atoms with Gasteiger partial charge in [0.25, 0.3) is 0 Å². The minimum absolute atomic E-state index is 0. The Morgan fingerprint density at radius 1 is 1.35 bits per heavy atom. The molecule has 0 spiro atoms. The first kappa shape index (κ1) is 19.3. The SMILES string of the molecule is COC(=O)CN(Cc1ccc(F)c(F)c1)Cc1cnc(N)s1.Cl. The van der Waals surface area contributed by atoms with Gasteiger partial charge in [0.1, 0.15) is 0 Å². The Hall–Kier alpha value is -1.77. The van der Waals surface area contributed by atoms with E-state index in [1.165, 1.54) is 24.5 Å². The average molecular weight is 364 g/mol. The fraction of sp³-hybridized carbons (Fsp3) is 0.286. The van der Waals surface area contributed by atoms with Gasteiger partial charge in [-0.1, -0.05) is 6.07 Å². The van der Waals surface area contributed by atoms with Crippen molar-refractivity contribution in [3.8, 4) is 0 Å². The van der Waals surface area contributed by atoms with E-state index < -0.39 is 17.6 Å². The van der Waals surface area contributed by atoms with Gasteiger partial charge in [0.05, 0.1) is 13.7 Å². The Labute approximate surface area is 142 Å². The second-order valence-corrected chi connectivity index (χ2v) is 5.78. The Balaban J connectivity index is 0.00000264. The van der Waals surface area contributed by atoms with Crippen LogP contribution < -0.4 is 5.73 Å². The number of nitrogens with zero attached hydrogens (tertiary/aromatic N) is 2. The minimum atomic E-state index is -0.919. The van der Waals surface area contributed by atoms with Crippen molar-refractivity contribution in [1.82, 2.24) is 9.88 Å². The normalized spacial score (nSPS) is 10.4. The molecule has 5 nitrogen and oxygen atoms in total. The molecule has 23 heavy (non-hydrogen) atoms. The number of ether oxygens (including phenoxy) is 1. The quantitative estimate of drug-likeness (QED) is 0.799. The molecule has 0 amide bonds. The first-order valence-corrected chi connectivity index (χ1v) is 7.23. The summed E-state index contributed by atoms with van der Waals surface area (Å²) < 4.78 is 30.9. The summed E-state index contributed by atoms with van der Waals surface area (Å²) in [5, 5.41) is 0.431. The summed E-state index contributed by atoms with van der Waals surface area (Å²) in [5.74, 6) is -2.24. The molecule has 0 bridgehead atoms. The smallest absolute Gasteiger partial charge is 0.319 e. The van der Waals surface area contributed by atoms with E-state index in [0.29, 0.717) is 17.2 Å². The third kappa shape index (κ3) is 5.74. The van der Waals surface area contributed by atoms with Crippen LogP contribution in [0.5, 0.6) is 0 Å². The van der Waals surface area contributed by atoms with Crippen LogP contribution in [0, 0.1) is 11.6 Å². The number of carbonyl (C=O) groups excluding carboxylic acids is 1. The van der Waals surface area contributed by atoms with Crippen LogP contribution in [-0.2, 0) is 22.6 Å². The van der Waals surface area contributed by atoms with Crippen molar-refractivity contribution >= 4 is 34.8 Å². The monoisotopic (exact) mass is 363 g/mol. The molecular formula is C14H16ClF2N3O2S. The molecule has 0 radical (unpaired) electrons. The maximum atomic E-state index is 13.3. The number of carbonyl (C=O) groups is 1. The molecule has 0 aliphatic rings. The van der Waals surface area contributed by atoms with Gasteiger partial charge in [-0.2, -0.15) is 0 Å². The highest BCUT2D eigenvalue weighted by Gasteiger charge is 2.15. The van der Waals surface area contributed by atoms with Crippen LogP contribution in [0.3, 0.4) is 0 Å². The predicted molar refractivity (Wildman–Crippen MR) is 86.3 cm³/mol. The Morgan fingerprint density at radius 3 is 2.65 bits per heavy atom. The molecule has 0 aliphatic carbocycles. The molecule has 1 aromatic carbocycles. The summed E-state index contributed by atoms with van der Waals surface area (Å²) >= 11 is 1.31. The molecule has 0 fully saturated rings. The van der Waals surface area contributed by atoms with Crippen molar-refractivity contribution in [1.29, 1.82) is 0 Å². The molecule has 2 N–H and O–H groups in total. The molecule has 0 unspecified atom stereocenters. The summed E-state index contributed by atoms with van der Waals surface area (Å²) in [7, 11) is 1.29. The van der Waals surface area contributed by atoms with Crippen molar-refractivity contribution in [3.05, 3.63) is 46.5 Å². The maximum absolute atomic E-state index is 13.3. The molecule has 0 aliphatic heterocycles. The van der Waals surface area contributed by atoms with Gasteiger partial charge in [-0.05, 0) is 17.7 Å². The lowest BCUT2D eigenvalue weighted by Gasteiger charge is -2.20. The van der Waals surface area contributed by atoms with Crippen molar-refractivity contribution in [2.75, 3.05) is 19.4 Å². The summed E-state index contributed by atoms with van der Waals surface area (Å²) in [6.07, 6.45) is 1.62. The minimum Gasteiger partial charge on any atom is -0.468 e. The average Bonchev–Trinajstić information content (AvgIpc) is 2.88. The van der Waals surface area contributed by atoms with Crippen LogP contribution in [0.2, 0.25) is 0 Å². The number of thiazole rings is 1. The Kier molecular flexibility index (Phi) is 7.34. The highest BCUT2D eigenvalue weighted by atomic mass is 35.5. The molecular weight excluding hydrogens is 348 g/mol. The highest BCUT2D eigenvalue weighted by Crippen LogP contribution is 2.18. The van der Waals surface area contributed by atoms with Gasteiger partial charge in [-0.15, -0.1) is 23.7 Å². The number of benzene rings is 1. The molecule has 126 valence electrons. The van der Waals surface area contributed by atoms with E-state index >= 15 is 0 Å². The lowest BCUT2D eigenvalue weighted by atomic mass is 10.2. The number of esters is 1. The van der Waals surface area contributed by atoms with Crippen LogP contribution in [-0.4, -0.2) is 29.5 Å². The zero-order valence-corrected chi connectivity index (χ0v) is 13.9. The zero-order valence-electron chi connectivity index (χ0n) is 12.3. The van der Waals surface area contributed by atoms with E-state index in [1.807, 2.05) is 0 Å². The van der Waals surface area contributed by atoms with E-state index in [0.717, 1.165) is 17.0 Å². The first-order chi connectivity index (χ1) is 10.5. The van der Waals surface area contributed by atoms with Gasteiger partial charge in [0.15, 0.2) is 16.8 Å². The number of anilines is 1. The van der Waals surface area contributed by atoms with Gasteiger partial charge in [-0.25, -0.2) is 13.8 Å². The number of nitrogen functional groups attached to an aromatic ring is 1. The third-order valence-corrected chi connectivity index (χ3v) is 3.73. The topological polar surface area (TPSA) is 68.5 Å². The lowest BCUT2D eigenvalue weighted by Crippen LogP contribution is -2.29. The first-order valence-electron chi connectivity index (χ1n) is 6.41. The number of aromatic nitrogens is 1. The van der Waals surface area contributed by atoms with Crippen molar-refractivity contribution in [3.63, 3.8) is 0 Å². The summed E-state index contributed by atoms with van der Waals surface area (Å²) in [6, 6.07) is 3.65. The summed E-state index contributed by atoms with van der Waals surface area (Å²) in [5.41, 5.74) is 6.13. The molecule has 1 heterocycles. The molecule has 0 saturated carbocycles. The molecule has 0 saturated heterocycles. The van der Waals surface area contributed by atoms with E-state index in [9.17, 15) is 13.6 Å². The van der Waals surface area contributed by atoms with Crippen LogP contribution in [0.25, 0.3) is 0 Å². The second-order valence-electron chi connectivity index (χ2n) is 4.63. The Morgan fingerprint density at radius 2 is 2.09 bits per heavy atom. The molecule has 0 atom stereocenters. The fourth-order valence-corrected chi connectivity index (χ4v) is 2.65. The van der Waals surface area contributed by atoms with Crippen LogP contribution in [0.1, 0.15) is 10.4 Å². The van der Waals surface area contributed by atoms with Gasteiger partial charge in [0, 0.05) is 24.2 Å². The van der Waals surface area contributed by atoms with E-state index in [-0.39, 0.29) is 25.5 Å². The van der Waals surface area contributed by atoms with E-state index in [4.69, 9.17) is 5.73 Å². The standard InChI is InChI=1S/C14H15F2N3O2S.ClH/c1-21-13(20)8-19(7-10-5-18-14(17)22-10)6-9-2-3-11(15)12(16)4-9;/h2-5H,6-8H2,1H3,(H2,17,18);1H. The number of halogens is 3. The predicted octanol–water partition coefficient (Wildman–Crippen LogP) is 2.60. The third-order valence-electron chi connectivity index (χ3n) is 2.92. The summed E-state index contributed by atoms with van der Waals surface area (Å²) in [6.45, 7) is 0.695. The summed E-state index contributed by atoms with van der Waals surface area (Å²) in [4.78, 5) is 18.0. The largest absolute Gasteiger partial charge is 0.468 e. The van der Waals surface area contributed by atoms with Crippen molar-refractivity contribution < 1.29 is 18.3 Å². The fourth-order valence-electron chi connectivity index (χ4n) is 1.93. The van der Waals surface area contributed by atoms with Gasteiger partial charge in [0.2, 0.25) is 0 Å². The van der Waals surface area contributed by atoms with E-state index in [2.05, 4.69) is 9.72 Å². The van der Waals surface area contributed by atoms with Gasteiger partial charge < -0.3 is 10.5 Å². The molecule has 9 heteroatoms. The molecule has 2 aromatic rings. The van der Waals surface area contributed by atoms with Gasteiger partial charge in [-0.3, -0.25) is 9.69 Å². The van der Waals surface area contributed by atoms with Crippen LogP contribution in [0.15, 0.2) is 24.4 Å². The molecule has 1 aromatic heterocycles.